The van der Waals surface area contributed by atoms with Crippen LogP contribution >= 0.6 is 0 Å². The molecule has 0 spiro atoms. The largest absolute Gasteiger partial charge is 0.438 e. The van der Waals surface area contributed by atoms with Crippen LogP contribution in [0.5, 0.6) is 0 Å². The summed E-state index contributed by atoms with van der Waals surface area (Å²) in [6, 6.07) is 2.75. The van der Waals surface area contributed by atoms with Crippen LogP contribution in [0.1, 0.15) is 45.2 Å². The van der Waals surface area contributed by atoms with Crippen LogP contribution in [0.25, 0.3) is 0 Å². The lowest BCUT2D eigenvalue weighted by Gasteiger charge is -2.34. The van der Waals surface area contributed by atoms with Gasteiger partial charge in [0.15, 0.2) is 5.76 Å². The van der Waals surface area contributed by atoms with Crippen molar-refractivity contribution in [2.45, 2.75) is 51.3 Å². The summed E-state index contributed by atoms with van der Waals surface area (Å²) in [4.78, 5) is 28.0. The van der Waals surface area contributed by atoms with E-state index in [-0.39, 0.29) is 28.7 Å². The Hall–Kier alpha value is -1.91. The van der Waals surface area contributed by atoms with Crippen molar-refractivity contribution < 1.29 is 22.4 Å². The first-order valence-corrected chi connectivity index (χ1v) is 10.8. The molecule has 1 aliphatic heterocycles. The van der Waals surface area contributed by atoms with Crippen molar-refractivity contribution in [1.82, 2.24) is 19.8 Å². The molecule has 1 aliphatic rings. The van der Waals surface area contributed by atoms with E-state index in [1.165, 1.54) is 12.1 Å². The molecule has 2 N–H and O–H groups in total. The molecule has 1 aromatic rings. The van der Waals surface area contributed by atoms with Gasteiger partial charge in [0.2, 0.25) is 11.0 Å². The molecule has 0 radical (unpaired) electrons. The maximum absolute atomic E-state index is 12.6. The normalized spacial score (nSPS) is 16.4. The van der Waals surface area contributed by atoms with E-state index in [0.717, 1.165) is 0 Å². The smallest absolute Gasteiger partial charge is 0.289 e. The number of furan rings is 1. The van der Waals surface area contributed by atoms with Gasteiger partial charge in [0, 0.05) is 37.8 Å². The van der Waals surface area contributed by atoms with E-state index >= 15 is 0 Å². The highest BCUT2D eigenvalue weighted by Gasteiger charge is 2.29. The van der Waals surface area contributed by atoms with E-state index in [4.69, 9.17) is 4.42 Å². The van der Waals surface area contributed by atoms with Crippen molar-refractivity contribution in [3.05, 3.63) is 17.9 Å². The fourth-order valence-electron chi connectivity index (χ4n) is 2.87. The van der Waals surface area contributed by atoms with Gasteiger partial charge < -0.3 is 14.6 Å². The van der Waals surface area contributed by atoms with E-state index in [2.05, 4.69) is 10.0 Å². The van der Waals surface area contributed by atoms with Crippen LogP contribution in [0.3, 0.4) is 0 Å². The molecule has 1 saturated heterocycles. The summed E-state index contributed by atoms with van der Waals surface area (Å²) in [6.45, 7) is 11.3. The van der Waals surface area contributed by atoms with Crippen LogP contribution in [0, 0.1) is 0 Å². The molecule has 0 aromatic carbocycles. The molecule has 0 bridgehead atoms. The van der Waals surface area contributed by atoms with E-state index in [9.17, 15) is 18.0 Å². The molecule has 0 atom stereocenters. The minimum atomic E-state index is -3.83. The highest BCUT2D eigenvalue weighted by molar-refractivity contribution is 7.89. The van der Waals surface area contributed by atoms with Gasteiger partial charge in [0.25, 0.3) is 15.9 Å². The zero-order valence-corrected chi connectivity index (χ0v) is 17.9. The Labute approximate surface area is 166 Å². The summed E-state index contributed by atoms with van der Waals surface area (Å²) in [5.41, 5.74) is -0.659. The fourth-order valence-corrected chi connectivity index (χ4v) is 4.22. The van der Waals surface area contributed by atoms with E-state index in [1.807, 2.05) is 18.7 Å². The van der Waals surface area contributed by atoms with Crippen molar-refractivity contribution in [2.24, 2.45) is 0 Å². The second-order valence-electron chi connectivity index (χ2n) is 8.26. The molecular weight excluding hydrogens is 384 g/mol. The third-order valence-electron chi connectivity index (χ3n) is 3.97. The highest BCUT2D eigenvalue weighted by Crippen LogP contribution is 2.18. The van der Waals surface area contributed by atoms with Gasteiger partial charge in [-0.25, -0.2) is 13.1 Å². The SMILES string of the molecule is CC(C)NC(=O)CN1CCN(C(=O)c2ccc(S(=O)(=O)NC(C)(C)C)o2)CC1. The summed E-state index contributed by atoms with van der Waals surface area (Å²) >= 11 is 0. The van der Waals surface area contributed by atoms with Crippen LogP contribution in [-0.2, 0) is 14.8 Å². The van der Waals surface area contributed by atoms with Gasteiger partial charge in [0.1, 0.15) is 0 Å². The number of nitrogens with zero attached hydrogens (tertiary/aromatic N) is 2. The Bertz CT molecular complexity index is 802. The molecule has 158 valence electrons. The average Bonchev–Trinajstić information content (AvgIpc) is 3.02. The molecule has 28 heavy (non-hydrogen) atoms. The molecule has 0 saturated carbocycles. The molecule has 2 heterocycles. The molecule has 0 unspecified atom stereocenters. The van der Waals surface area contributed by atoms with Gasteiger partial charge in [-0.3, -0.25) is 14.5 Å². The predicted octanol–water partition coefficient (Wildman–Crippen LogP) is 0.639. The van der Waals surface area contributed by atoms with Crippen LogP contribution in [0.2, 0.25) is 0 Å². The number of rotatable bonds is 6. The maximum atomic E-state index is 12.6. The third kappa shape index (κ3) is 6.32. The highest BCUT2D eigenvalue weighted by atomic mass is 32.2. The Morgan fingerprint density at radius 3 is 2.29 bits per heavy atom. The lowest BCUT2D eigenvalue weighted by atomic mass is 10.1. The second kappa shape index (κ2) is 8.62. The van der Waals surface area contributed by atoms with E-state index < -0.39 is 15.6 Å². The van der Waals surface area contributed by atoms with Gasteiger partial charge >= 0.3 is 0 Å². The average molecular weight is 415 g/mol. The van der Waals surface area contributed by atoms with Gasteiger partial charge in [-0.15, -0.1) is 0 Å². The molecule has 10 heteroatoms. The van der Waals surface area contributed by atoms with Crippen LogP contribution in [0.4, 0.5) is 0 Å². The first kappa shape index (κ1) is 22.4. The minimum Gasteiger partial charge on any atom is -0.438 e. The Balaban J connectivity index is 1.94. The van der Waals surface area contributed by atoms with Crippen LogP contribution in [-0.4, -0.2) is 74.3 Å². The first-order valence-electron chi connectivity index (χ1n) is 9.32. The predicted molar refractivity (Wildman–Crippen MR) is 104 cm³/mol. The summed E-state index contributed by atoms with van der Waals surface area (Å²) in [5.74, 6) is -0.411. The maximum Gasteiger partial charge on any atom is 0.289 e. The fraction of sp³-hybridized carbons (Fsp3) is 0.667. The molecule has 9 nitrogen and oxygen atoms in total. The Morgan fingerprint density at radius 2 is 1.75 bits per heavy atom. The summed E-state index contributed by atoms with van der Waals surface area (Å²) in [6.07, 6.45) is 0. The number of hydrogen-bond acceptors (Lipinski definition) is 6. The summed E-state index contributed by atoms with van der Waals surface area (Å²) < 4.78 is 32.4. The molecule has 0 aliphatic carbocycles. The lowest BCUT2D eigenvalue weighted by Crippen LogP contribution is -2.51. The molecule has 2 amide bonds. The summed E-state index contributed by atoms with van der Waals surface area (Å²) in [5, 5.41) is 2.56. The van der Waals surface area contributed by atoms with Gasteiger partial charge in [-0.2, -0.15) is 0 Å². The topological polar surface area (TPSA) is 112 Å². The molecular formula is C18H30N4O5S. The number of carbonyl (C=O) groups is 2. The van der Waals surface area contributed by atoms with Crippen molar-refractivity contribution >= 4 is 21.8 Å². The standard InChI is InChI=1S/C18H30N4O5S/c1-13(2)19-15(23)12-21-8-10-22(11-9-21)17(24)14-6-7-16(27-14)28(25,26)20-18(3,4)5/h6-7,13,20H,8-12H2,1-5H3,(H,19,23). The number of amides is 2. The van der Waals surface area contributed by atoms with Crippen molar-refractivity contribution in [1.29, 1.82) is 0 Å². The van der Waals surface area contributed by atoms with Gasteiger partial charge in [-0.1, -0.05) is 0 Å². The molecule has 1 fully saturated rings. The quantitative estimate of drug-likeness (QED) is 0.706. The monoisotopic (exact) mass is 414 g/mol. The van der Waals surface area contributed by atoms with E-state index in [0.29, 0.717) is 32.7 Å². The Morgan fingerprint density at radius 1 is 1.14 bits per heavy atom. The van der Waals surface area contributed by atoms with Crippen LogP contribution < -0.4 is 10.0 Å². The third-order valence-corrected chi connectivity index (χ3v) is 5.60. The van der Waals surface area contributed by atoms with Crippen molar-refractivity contribution in [3.63, 3.8) is 0 Å². The molecule has 2 rings (SSSR count). The Kier molecular flexibility index (Phi) is 6.89. The number of hydrogen-bond donors (Lipinski definition) is 2. The number of carbonyl (C=O) groups excluding carboxylic acids is 2. The summed E-state index contributed by atoms with van der Waals surface area (Å²) in [7, 11) is -3.83. The number of piperazine rings is 1. The van der Waals surface area contributed by atoms with Crippen molar-refractivity contribution in [3.8, 4) is 0 Å². The van der Waals surface area contributed by atoms with Crippen LogP contribution in [0.15, 0.2) is 21.6 Å². The number of sulfonamides is 1. The number of nitrogens with one attached hydrogen (secondary N) is 2. The van der Waals surface area contributed by atoms with Gasteiger partial charge in [0.05, 0.1) is 6.54 Å². The minimum absolute atomic E-state index is 0.0136. The van der Waals surface area contributed by atoms with E-state index in [1.54, 1.807) is 25.7 Å². The second-order valence-corrected chi connectivity index (χ2v) is 9.88. The zero-order chi connectivity index (χ0) is 21.1. The molecule has 1 aromatic heterocycles. The van der Waals surface area contributed by atoms with Gasteiger partial charge in [-0.05, 0) is 46.8 Å². The van der Waals surface area contributed by atoms with Crippen molar-refractivity contribution in [2.75, 3.05) is 32.7 Å². The zero-order valence-electron chi connectivity index (χ0n) is 17.1. The first-order chi connectivity index (χ1) is 12.9. The lowest BCUT2D eigenvalue weighted by molar-refractivity contribution is -0.123.